The van der Waals surface area contributed by atoms with Gasteiger partial charge >= 0.3 is 0 Å². The van der Waals surface area contributed by atoms with Crippen molar-refractivity contribution in [2.24, 2.45) is 0 Å². The van der Waals surface area contributed by atoms with E-state index in [-0.39, 0.29) is 11.8 Å². The fourth-order valence-electron chi connectivity index (χ4n) is 1.99. The fourth-order valence-corrected chi connectivity index (χ4v) is 2.16. The monoisotopic (exact) mass is 328 g/mol. The third kappa shape index (κ3) is 4.44. The van der Waals surface area contributed by atoms with Crippen molar-refractivity contribution in [3.05, 3.63) is 76.8 Å². The van der Waals surface area contributed by atoms with Gasteiger partial charge < -0.3 is 10.6 Å². The molecular formula is C18H17ClN2O2. The van der Waals surface area contributed by atoms with Crippen LogP contribution in [0.5, 0.6) is 0 Å². The van der Waals surface area contributed by atoms with Gasteiger partial charge in [-0.1, -0.05) is 29.8 Å². The van der Waals surface area contributed by atoms with Crippen LogP contribution in [0.1, 0.15) is 26.3 Å². The highest BCUT2D eigenvalue weighted by Gasteiger charge is 2.11. The van der Waals surface area contributed by atoms with Gasteiger partial charge in [-0.05, 0) is 42.8 Å². The van der Waals surface area contributed by atoms with Crippen LogP contribution in [0, 0.1) is 6.92 Å². The maximum absolute atomic E-state index is 12.4. The van der Waals surface area contributed by atoms with Gasteiger partial charge in [0.2, 0.25) is 0 Å². The van der Waals surface area contributed by atoms with Crippen molar-refractivity contribution in [2.75, 3.05) is 11.9 Å². The highest BCUT2D eigenvalue weighted by molar-refractivity contribution is 6.31. The molecule has 0 unspecified atom stereocenters. The van der Waals surface area contributed by atoms with Crippen LogP contribution < -0.4 is 10.6 Å². The molecule has 0 heterocycles. The molecule has 118 valence electrons. The van der Waals surface area contributed by atoms with Crippen LogP contribution in [-0.2, 0) is 0 Å². The van der Waals surface area contributed by atoms with Gasteiger partial charge in [0.25, 0.3) is 11.8 Å². The second-order valence-corrected chi connectivity index (χ2v) is 5.43. The van der Waals surface area contributed by atoms with Crippen molar-refractivity contribution in [3.63, 3.8) is 0 Å². The first kappa shape index (κ1) is 16.8. The zero-order chi connectivity index (χ0) is 16.8. The zero-order valence-electron chi connectivity index (χ0n) is 12.7. The minimum atomic E-state index is -0.297. The van der Waals surface area contributed by atoms with E-state index in [1.807, 2.05) is 13.0 Å². The lowest BCUT2D eigenvalue weighted by Crippen LogP contribution is -2.23. The van der Waals surface area contributed by atoms with E-state index >= 15 is 0 Å². The molecule has 2 amide bonds. The Morgan fingerprint density at radius 3 is 2.52 bits per heavy atom. The van der Waals surface area contributed by atoms with Gasteiger partial charge in [-0.25, -0.2) is 0 Å². The molecule has 2 aromatic carbocycles. The van der Waals surface area contributed by atoms with Crippen molar-refractivity contribution < 1.29 is 9.59 Å². The SMILES string of the molecule is C=CCNC(=O)c1cccc(C(=O)Nc2cc(Cl)ccc2C)c1. The van der Waals surface area contributed by atoms with Gasteiger partial charge in [-0.3, -0.25) is 9.59 Å². The maximum Gasteiger partial charge on any atom is 0.255 e. The van der Waals surface area contributed by atoms with Crippen molar-refractivity contribution in [1.29, 1.82) is 0 Å². The molecule has 0 fully saturated rings. The lowest BCUT2D eigenvalue weighted by Gasteiger charge is -2.10. The first-order valence-electron chi connectivity index (χ1n) is 7.08. The van der Waals surface area contributed by atoms with Gasteiger partial charge in [0.1, 0.15) is 0 Å². The Bertz CT molecular complexity index is 756. The van der Waals surface area contributed by atoms with E-state index in [9.17, 15) is 9.59 Å². The smallest absolute Gasteiger partial charge is 0.255 e. The largest absolute Gasteiger partial charge is 0.349 e. The van der Waals surface area contributed by atoms with Crippen LogP contribution in [0.25, 0.3) is 0 Å². The number of hydrogen-bond acceptors (Lipinski definition) is 2. The van der Waals surface area contributed by atoms with Crippen molar-refractivity contribution in [3.8, 4) is 0 Å². The molecule has 0 atom stereocenters. The van der Waals surface area contributed by atoms with Gasteiger partial charge in [0.15, 0.2) is 0 Å². The summed E-state index contributed by atoms with van der Waals surface area (Å²) in [5.74, 6) is -0.549. The van der Waals surface area contributed by atoms with Gasteiger partial charge in [0, 0.05) is 28.4 Å². The first-order valence-corrected chi connectivity index (χ1v) is 7.45. The second-order valence-electron chi connectivity index (χ2n) is 4.99. The Balaban J connectivity index is 2.18. The molecule has 0 aliphatic rings. The number of benzene rings is 2. The number of aryl methyl sites for hydroxylation is 1. The molecule has 0 bridgehead atoms. The molecule has 2 aromatic rings. The fraction of sp³-hybridized carbons (Fsp3) is 0.111. The predicted octanol–water partition coefficient (Wildman–Crippen LogP) is 3.82. The molecule has 0 saturated heterocycles. The van der Waals surface area contributed by atoms with Crippen LogP contribution >= 0.6 is 11.6 Å². The Morgan fingerprint density at radius 1 is 1.13 bits per heavy atom. The van der Waals surface area contributed by atoms with E-state index in [4.69, 9.17) is 11.6 Å². The molecule has 0 saturated carbocycles. The van der Waals surface area contributed by atoms with Crippen LogP contribution in [0.15, 0.2) is 55.1 Å². The van der Waals surface area contributed by atoms with E-state index in [0.29, 0.717) is 28.4 Å². The summed E-state index contributed by atoms with van der Waals surface area (Å²) in [5, 5.41) is 6.03. The third-order valence-corrected chi connectivity index (χ3v) is 3.48. The summed E-state index contributed by atoms with van der Waals surface area (Å²) in [6.07, 6.45) is 1.59. The normalized spacial score (nSPS) is 10.0. The highest BCUT2D eigenvalue weighted by atomic mass is 35.5. The number of halogens is 1. The minimum Gasteiger partial charge on any atom is -0.349 e. The number of amides is 2. The Kier molecular flexibility index (Phi) is 5.55. The van der Waals surface area contributed by atoms with Crippen molar-refractivity contribution >= 4 is 29.1 Å². The van der Waals surface area contributed by atoms with Gasteiger partial charge in [-0.2, -0.15) is 0 Å². The number of hydrogen-bond donors (Lipinski definition) is 2. The topological polar surface area (TPSA) is 58.2 Å². The standard InChI is InChI=1S/C18H17ClN2O2/c1-3-9-20-17(22)13-5-4-6-14(10-13)18(23)21-16-11-15(19)8-7-12(16)2/h3-8,10-11H,1,9H2,2H3,(H,20,22)(H,21,23). The molecule has 0 spiro atoms. The average Bonchev–Trinajstić information content (AvgIpc) is 2.56. The number of anilines is 1. The van der Waals surface area contributed by atoms with E-state index in [1.54, 1.807) is 42.5 Å². The van der Waals surface area contributed by atoms with E-state index in [2.05, 4.69) is 17.2 Å². The van der Waals surface area contributed by atoms with E-state index in [0.717, 1.165) is 5.56 Å². The second kappa shape index (κ2) is 7.61. The Hall–Kier alpha value is -2.59. The lowest BCUT2D eigenvalue weighted by molar-refractivity contribution is 0.0958. The molecule has 2 rings (SSSR count). The van der Waals surface area contributed by atoms with E-state index < -0.39 is 0 Å². The number of nitrogens with one attached hydrogen (secondary N) is 2. The summed E-state index contributed by atoms with van der Waals surface area (Å²) in [5.41, 5.74) is 2.37. The molecular weight excluding hydrogens is 312 g/mol. The summed E-state index contributed by atoms with van der Waals surface area (Å²) in [6.45, 7) is 5.80. The zero-order valence-corrected chi connectivity index (χ0v) is 13.5. The summed E-state index contributed by atoms with van der Waals surface area (Å²) >= 11 is 5.95. The van der Waals surface area contributed by atoms with Crippen LogP contribution in [0.3, 0.4) is 0 Å². The lowest BCUT2D eigenvalue weighted by atomic mass is 10.1. The predicted molar refractivity (Wildman–Crippen MR) is 93.1 cm³/mol. The van der Waals surface area contributed by atoms with Crippen LogP contribution in [0.2, 0.25) is 5.02 Å². The maximum atomic E-state index is 12.4. The average molecular weight is 329 g/mol. The van der Waals surface area contributed by atoms with Crippen molar-refractivity contribution in [2.45, 2.75) is 6.92 Å². The summed E-state index contributed by atoms with van der Waals surface area (Å²) in [7, 11) is 0. The molecule has 4 nitrogen and oxygen atoms in total. The highest BCUT2D eigenvalue weighted by Crippen LogP contribution is 2.21. The summed E-state index contributed by atoms with van der Waals surface area (Å²) in [6, 6.07) is 11.8. The van der Waals surface area contributed by atoms with Crippen molar-refractivity contribution in [1.82, 2.24) is 5.32 Å². The summed E-state index contributed by atoms with van der Waals surface area (Å²) < 4.78 is 0. The first-order chi connectivity index (χ1) is 11.0. The minimum absolute atomic E-state index is 0.251. The number of rotatable bonds is 5. The van der Waals surface area contributed by atoms with Crippen LogP contribution in [-0.4, -0.2) is 18.4 Å². The van der Waals surface area contributed by atoms with E-state index in [1.165, 1.54) is 0 Å². The Labute approximate surface area is 140 Å². The molecule has 5 heteroatoms. The number of carbonyl (C=O) groups excluding carboxylic acids is 2. The molecule has 0 aliphatic heterocycles. The van der Waals surface area contributed by atoms with Gasteiger partial charge in [0.05, 0.1) is 0 Å². The number of carbonyl (C=O) groups is 2. The quantitative estimate of drug-likeness (QED) is 0.820. The molecule has 0 aliphatic carbocycles. The molecule has 0 radical (unpaired) electrons. The molecule has 0 aromatic heterocycles. The van der Waals surface area contributed by atoms with Crippen LogP contribution in [0.4, 0.5) is 5.69 Å². The third-order valence-electron chi connectivity index (χ3n) is 3.24. The van der Waals surface area contributed by atoms with Gasteiger partial charge in [-0.15, -0.1) is 6.58 Å². The molecule has 2 N–H and O–H groups in total. The molecule has 23 heavy (non-hydrogen) atoms. The summed E-state index contributed by atoms with van der Waals surface area (Å²) in [4.78, 5) is 24.3. The Morgan fingerprint density at radius 2 is 1.83 bits per heavy atom.